The number of rotatable bonds is 5. The number of hydrogen-bond donors (Lipinski definition) is 1. The van der Waals surface area contributed by atoms with E-state index in [1.807, 2.05) is 0 Å². The molecule has 0 saturated carbocycles. The largest absolute Gasteiger partial charge is 0.496 e. The maximum Gasteiger partial charge on any atom is 0.125 e. The molecule has 0 aliphatic heterocycles. The van der Waals surface area contributed by atoms with Gasteiger partial charge in [0.1, 0.15) is 5.75 Å². The molecule has 0 aliphatic carbocycles. The first-order valence-electron chi connectivity index (χ1n) is 5.89. The lowest BCUT2D eigenvalue weighted by Crippen LogP contribution is -2.03. The van der Waals surface area contributed by atoms with Gasteiger partial charge >= 0.3 is 0 Å². The van der Waals surface area contributed by atoms with Crippen molar-refractivity contribution in [3.05, 3.63) is 28.8 Å². The van der Waals surface area contributed by atoms with E-state index in [4.69, 9.17) is 9.84 Å². The lowest BCUT2D eigenvalue weighted by Gasteiger charge is -2.18. The van der Waals surface area contributed by atoms with Crippen molar-refractivity contribution >= 4 is 0 Å². The summed E-state index contributed by atoms with van der Waals surface area (Å²) in [7, 11) is 1.72. The average molecular weight is 222 g/mol. The van der Waals surface area contributed by atoms with Crippen molar-refractivity contribution in [2.24, 2.45) is 0 Å². The van der Waals surface area contributed by atoms with Gasteiger partial charge in [-0.25, -0.2) is 0 Å². The van der Waals surface area contributed by atoms with Crippen molar-refractivity contribution in [3.8, 4) is 5.75 Å². The highest BCUT2D eigenvalue weighted by atomic mass is 16.5. The van der Waals surface area contributed by atoms with E-state index in [0.717, 1.165) is 18.6 Å². The molecule has 0 fully saturated rings. The van der Waals surface area contributed by atoms with Gasteiger partial charge in [-0.2, -0.15) is 0 Å². The minimum absolute atomic E-state index is 0.231. The third-order valence-corrected chi connectivity index (χ3v) is 2.90. The molecular formula is C14H22O2. The molecule has 2 nitrogen and oxygen atoms in total. The molecule has 2 heteroatoms. The number of aliphatic hydroxyl groups is 1. The fourth-order valence-electron chi connectivity index (χ4n) is 2.10. The Morgan fingerprint density at radius 3 is 2.50 bits per heavy atom. The van der Waals surface area contributed by atoms with E-state index in [1.54, 1.807) is 7.11 Å². The van der Waals surface area contributed by atoms with Crippen molar-refractivity contribution < 1.29 is 9.84 Å². The third kappa shape index (κ3) is 2.76. The first-order chi connectivity index (χ1) is 7.61. The zero-order valence-corrected chi connectivity index (χ0v) is 10.7. The quantitative estimate of drug-likeness (QED) is 0.829. The number of aryl methyl sites for hydroxylation is 1. The van der Waals surface area contributed by atoms with Gasteiger partial charge in [-0.3, -0.25) is 0 Å². The Labute approximate surface area is 98.3 Å². The van der Waals surface area contributed by atoms with Crippen LogP contribution in [0.1, 0.15) is 42.9 Å². The number of methoxy groups -OCH3 is 1. The SMILES string of the molecule is COc1c(C)ccc(C(C)C)c1CCCO. The molecule has 0 bridgehead atoms. The summed E-state index contributed by atoms with van der Waals surface area (Å²) < 4.78 is 5.48. The molecule has 0 aromatic heterocycles. The molecule has 1 N–H and O–H groups in total. The molecule has 1 aromatic carbocycles. The summed E-state index contributed by atoms with van der Waals surface area (Å²) in [6, 6.07) is 4.28. The molecule has 16 heavy (non-hydrogen) atoms. The summed E-state index contributed by atoms with van der Waals surface area (Å²) in [5.41, 5.74) is 3.75. The van der Waals surface area contributed by atoms with Crippen LogP contribution in [0.4, 0.5) is 0 Å². The third-order valence-electron chi connectivity index (χ3n) is 2.90. The van der Waals surface area contributed by atoms with Crippen LogP contribution in [0.2, 0.25) is 0 Å². The second-order valence-electron chi connectivity index (χ2n) is 4.47. The lowest BCUT2D eigenvalue weighted by molar-refractivity contribution is 0.287. The second-order valence-corrected chi connectivity index (χ2v) is 4.47. The van der Waals surface area contributed by atoms with Gasteiger partial charge in [0.05, 0.1) is 7.11 Å². The Balaban J connectivity index is 3.18. The molecule has 0 unspecified atom stereocenters. The highest BCUT2D eigenvalue weighted by molar-refractivity contribution is 5.47. The standard InChI is InChI=1S/C14H22O2/c1-10(2)12-8-7-11(3)14(16-4)13(12)6-5-9-15/h7-8,10,15H,5-6,9H2,1-4H3. The maximum absolute atomic E-state index is 8.95. The van der Waals surface area contributed by atoms with Crippen LogP contribution in [0.25, 0.3) is 0 Å². The molecular weight excluding hydrogens is 200 g/mol. The number of hydrogen-bond acceptors (Lipinski definition) is 2. The monoisotopic (exact) mass is 222 g/mol. The molecule has 0 heterocycles. The van der Waals surface area contributed by atoms with Crippen molar-refractivity contribution in [1.29, 1.82) is 0 Å². The van der Waals surface area contributed by atoms with E-state index in [-0.39, 0.29) is 6.61 Å². The Morgan fingerprint density at radius 2 is 2.00 bits per heavy atom. The minimum Gasteiger partial charge on any atom is -0.496 e. The fraction of sp³-hybridized carbons (Fsp3) is 0.571. The van der Waals surface area contributed by atoms with Crippen molar-refractivity contribution in [1.82, 2.24) is 0 Å². The van der Waals surface area contributed by atoms with Crippen LogP contribution in [0, 0.1) is 6.92 Å². The molecule has 0 saturated heterocycles. The van der Waals surface area contributed by atoms with Crippen LogP contribution in [-0.4, -0.2) is 18.8 Å². The van der Waals surface area contributed by atoms with Crippen LogP contribution in [-0.2, 0) is 6.42 Å². The molecule has 0 amide bonds. The Kier molecular flexibility index (Phi) is 4.81. The number of aliphatic hydroxyl groups excluding tert-OH is 1. The maximum atomic E-state index is 8.95. The summed E-state index contributed by atoms with van der Waals surface area (Å²) in [5, 5.41) is 8.95. The van der Waals surface area contributed by atoms with Crippen LogP contribution >= 0.6 is 0 Å². The second kappa shape index (κ2) is 5.90. The van der Waals surface area contributed by atoms with Gasteiger partial charge < -0.3 is 9.84 Å². The zero-order valence-electron chi connectivity index (χ0n) is 10.7. The first kappa shape index (κ1) is 13.0. The van der Waals surface area contributed by atoms with Gasteiger partial charge in [-0.05, 0) is 42.4 Å². The smallest absolute Gasteiger partial charge is 0.125 e. The fourth-order valence-corrected chi connectivity index (χ4v) is 2.10. The van der Waals surface area contributed by atoms with E-state index in [1.165, 1.54) is 16.7 Å². The Morgan fingerprint density at radius 1 is 1.31 bits per heavy atom. The van der Waals surface area contributed by atoms with Gasteiger partial charge in [-0.1, -0.05) is 26.0 Å². The van der Waals surface area contributed by atoms with E-state index in [0.29, 0.717) is 5.92 Å². The normalized spacial score (nSPS) is 10.9. The lowest BCUT2D eigenvalue weighted by atomic mass is 9.92. The van der Waals surface area contributed by atoms with E-state index in [9.17, 15) is 0 Å². The molecule has 0 radical (unpaired) electrons. The zero-order chi connectivity index (χ0) is 12.1. The molecule has 0 aliphatic rings. The Bertz CT molecular complexity index is 343. The van der Waals surface area contributed by atoms with Gasteiger partial charge in [0.25, 0.3) is 0 Å². The van der Waals surface area contributed by atoms with Gasteiger partial charge in [0.2, 0.25) is 0 Å². The van der Waals surface area contributed by atoms with E-state index < -0.39 is 0 Å². The first-order valence-corrected chi connectivity index (χ1v) is 5.89. The molecule has 90 valence electrons. The van der Waals surface area contributed by atoms with Crippen molar-refractivity contribution in [2.45, 2.75) is 39.5 Å². The van der Waals surface area contributed by atoms with Crippen LogP contribution in [0.3, 0.4) is 0 Å². The highest BCUT2D eigenvalue weighted by Crippen LogP contribution is 2.31. The van der Waals surface area contributed by atoms with Crippen LogP contribution < -0.4 is 4.74 Å². The van der Waals surface area contributed by atoms with Crippen molar-refractivity contribution in [2.75, 3.05) is 13.7 Å². The number of benzene rings is 1. The highest BCUT2D eigenvalue weighted by Gasteiger charge is 2.13. The van der Waals surface area contributed by atoms with Crippen LogP contribution in [0.5, 0.6) is 5.75 Å². The minimum atomic E-state index is 0.231. The predicted octanol–water partition coefficient (Wildman–Crippen LogP) is 3.05. The Hall–Kier alpha value is -1.02. The summed E-state index contributed by atoms with van der Waals surface area (Å²) in [4.78, 5) is 0. The molecule has 1 rings (SSSR count). The summed E-state index contributed by atoms with van der Waals surface area (Å²) in [5.74, 6) is 1.47. The van der Waals surface area contributed by atoms with Gasteiger partial charge in [-0.15, -0.1) is 0 Å². The van der Waals surface area contributed by atoms with E-state index in [2.05, 4.69) is 32.9 Å². The average Bonchev–Trinajstić information content (AvgIpc) is 2.25. The molecule has 0 atom stereocenters. The number of ether oxygens (including phenoxy) is 1. The summed E-state index contributed by atoms with van der Waals surface area (Å²) in [6.45, 7) is 6.67. The summed E-state index contributed by atoms with van der Waals surface area (Å²) in [6.07, 6.45) is 1.67. The predicted molar refractivity (Wildman–Crippen MR) is 67.2 cm³/mol. The topological polar surface area (TPSA) is 29.5 Å². The van der Waals surface area contributed by atoms with Gasteiger partial charge in [0.15, 0.2) is 0 Å². The van der Waals surface area contributed by atoms with Crippen LogP contribution in [0.15, 0.2) is 12.1 Å². The summed E-state index contributed by atoms with van der Waals surface area (Å²) >= 11 is 0. The molecule has 0 spiro atoms. The molecule has 1 aromatic rings. The van der Waals surface area contributed by atoms with E-state index >= 15 is 0 Å². The van der Waals surface area contributed by atoms with Crippen molar-refractivity contribution in [3.63, 3.8) is 0 Å². The van der Waals surface area contributed by atoms with Gasteiger partial charge in [0, 0.05) is 6.61 Å².